The van der Waals surface area contributed by atoms with Crippen molar-refractivity contribution in [3.8, 4) is 0 Å². The average Bonchev–Trinajstić information content (AvgIpc) is 2.43. The fourth-order valence-corrected chi connectivity index (χ4v) is 3.86. The van der Waals surface area contributed by atoms with Crippen LogP contribution in [0, 0.1) is 11.7 Å². The third kappa shape index (κ3) is 5.05. The highest BCUT2D eigenvalue weighted by Gasteiger charge is 2.24. The van der Waals surface area contributed by atoms with E-state index in [0.29, 0.717) is 25.1 Å². The molecule has 0 radical (unpaired) electrons. The Morgan fingerprint density at radius 3 is 2.43 bits per heavy atom. The minimum atomic E-state index is -3.73. The fourth-order valence-electron chi connectivity index (χ4n) is 2.14. The second-order valence-corrected chi connectivity index (χ2v) is 7.09. The number of rotatable bonds is 8. The van der Waals surface area contributed by atoms with Crippen molar-refractivity contribution in [3.63, 3.8) is 0 Å². The van der Waals surface area contributed by atoms with Gasteiger partial charge < -0.3 is 5.32 Å². The fraction of sp³-hybridized carbons (Fsp3) is 0.600. The highest BCUT2D eigenvalue weighted by molar-refractivity contribution is 7.89. The van der Waals surface area contributed by atoms with E-state index in [4.69, 9.17) is 0 Å². The lowest BCUT2D eigenvalue weighted by molar-refractivity contribution is 0.437. The standard InChI is InChI=1S/C15H25FN2O2S/c1-5-14(11(3)4)18-21(19,20)15-9-13(16)8-7-12(15)10-17-6-2/h7-9,11,14,17-18H,5-6,10H2,1-4H3. The summed E-state index contributed by atoms with van der Waals surface area (Å²) in [5.74, 6) is -0.372. The van der Waals surface area contributed by atoms with Crippen molar-refractivity contribution in [2.75, 3.05) is 6.54 Å². The minimum absolute atomic E-state index is 0.0163. The molecule has 1 aromatic rings. The molecule has 120 valence electrons. The zero-order chi connectivity index (χ0) is 16.0. The van der Waals surface area contributed by atoms with Crippen molar-refractivity contribution >= 4 is 10.0 Å². The molecule has 0 aromatic heterocycles. The topological polar surface area (TPSA) is 58.2 Å². The van der Waals surface area contributed by atoms with Gasteiger partial charge in [0.05, 0.1) is 4.90 Å². The van der Waals surface area contributed by atoms with Crippen LogP contribution in [0.2, 0.25) is 0 Å². The number of benzene rings is 1. The van der Waals surface area contributed by atoms with Crippen LogP contribution < -0.4 is 10.0 Å². The van der Waals surface area contributed by atoms with Crippen LogP contribution in [-0.4, -0.2) is 21.0 Å². The van der Waals surface area contributed by atoms with Crippen molar-refractivity contribution in [3.05, 3.63) is 29.6 Å². The molecule has 0 amide bonds. The first kappa shape index (κ1) is 18.1. The van der Waals surface area contributed by atoms with Gasteiger partial charge in [0.2, 0.25) is 10.0 Å². The molecule has 6 heteroatoms. The van der Waals surface area contributed by atoms with E-state index >= 15 is 0 Å². The molecule has 0 bridgehead atoms. The zero-order valence-electron chi connectivity index (χ0n) is 13.1. The first-order valence-electron chi connectivity index (χ1n) is 7.33. The Labute approximate surface area is 127 Å². The summed E-state index contributed by atoms with van der Waals surface area (Å²) in [6.07, 6.45) is 0.689. The molecular weight excluding hydrogens is 291 g/mol. The Morgan fingerprint density at radius 1 is 1.24 bits per heavy atom. The van der Waals surface area contributed by atoms with E-state index in [1.165, 1.54) is 12.1 Å². The third-order valence-electron chi connectivity index (χ3n) is 3.44. The maximum absolute atomic E-state index is 13.5. The summed E-state index contributed by atoms with van der Waals surface area (Å²) in [5, 5.41) is 3.07. The average molecular weight is 316 g/mol. The summed E-state index contributed by atoms with van der Waals surface area (Å²) in [4.78, 5) is 0.0163. The molecular formula is C15H25FN2O2S. The van der Waals surface area contributed by atoms with Crippen molar-refractivity contribution in [1.82, 2.24) is 10.0 Å². The summed E-state index contributed by atoms with van der Waals surface area (Å²) in [5.41, 5.74) is 0.573. The summed E-state index contributed by atoms with van der Waals surface area (Å²) in [6.45, 7) is 8.89. The third-order valence-corrected chi connectivity index (χ3v) is 5.01. The van der Waals surface area contributed by atoms with E-state index in [1.54, 1.807) is 0 Å². The normalized spacial score (nSPS) is 13.6. The second kappa shape index (κ2) is 7.87. The van der Waals surface area contributed by atoms with Crippen LogP contribution in [-0.2, 0) is 16.6 Å². The Kier molecular flexibility index (Phi) is 6.77. The van der Waals surface area contributed by atoms with Crippen molar-refractivity contribution in [2.24, 2.45) is 5.92 Å². The van der Waals surface area contributed by atoms with Gasteiger partial charge in [0.15, 0.2) is 0 Å². The summed E-state index contributed by atoms with van der Waals surface area (Å²) in [7, 11) is -3.73. The number of hydrogen-bond acceptors (Lipinski definition) is 3. The summed E-state index contributed by atoms with van der Waals surface area (Å²) < 4.78 is 41.2. The molecule has 0 aliphatic rings. The largest absolute Gasteiger partial charge is 0.313 e. The highest BCUT2D eigenvalue weighted by atomic mass is 32.2. The minimum Gasteiger partial charge on any atom is -0.313 e. The molecule has 4 nitrogen and oxygen atoms in total. The van der Waals surface area contributed by atoms with Gasteiger partial charge in [0.25, 0.3) is 0 Å². The molecule has 1 aromatic carbocycles. The maximum Gasteiger partial charge on any atom is 0.241 e. The first-order valence-corrected chi connectivity index (χ1v) is 8.81. The molecule has 2 N–H and O–H groups in total. The smallest absolute Gasteiger partial charge is 0.241 e. The van der Waals surface area contributed by atoms with E-state index in [0.717, 1.165) is 6.07 Å². The zero-order valence-corrected chi connectivity index (χ0v) is 13.9. The molecule has 0 aliphatic heterocycles. The Morgan fingerprint density at radius 2 is 1.90 bits per heavy atom. The lowest BCUT2D eigenvalue weighted by Crippen LogP contribution is -2.38. The van der Waals surface area contributed by atoms with Crippen molar-refractivity contribution < 1.29 is 12.8 Å². The van der Waals surface area contributed by atoms with Gasteiger partial charge >= 0.3 is 0 Å². The maximum atomic E-state index is 13.5. The van der Waals surface area contributed by atoms with Gasteiger partial charge in [-0.2, -0.15) is 0 Å². The van der Waals surface area contributed by atoms with Crippen LogP contribution in [0.25, 0.3) is 0 Å². The van der Waals surface area contributed by atoms with Crippen molar-refractivity contribution in [2.45, 2.75) is 51.6 Å². The molecule has 0 aliphatic carbocycles. The molecule has 0 heterocycles. The number of hydrogen-bond donors (Lipinski definition) is 2. The summed E-state index contributed by atoms with van der Waals surface area (Å²) in [6, 6.07) is 3.72. The van der Waals surface area contributed by atoms with Gasteiger partial charge in [-0.05, 0) is 36.6 Å². The molecule has 0 saturated heterocycles. The molecule has 1 unspecified atom stereocenters. The first-order chi connectivity index (χ1) is 9.81. The predicted octanol–water partition coefficient (Wildman–Crippen LogP) is 2.65. The van der Waals surface area contributed by atoms with E-state index in [1.807, 2.05) is 27.7 Å². The van der Waals surface area contributed by atoms with Gasteiger partial charge in [0, 0.05) is 12.6 Å². The Balaban J connectivity index is 3.14. The summed E-state index contributed by atoms with van der Waals surface area (Å²) >= 11 is 0. The van der Waals surface area contributed by atoms with Gasteiger partial charge in [-0.25, -0.2) is 17.5 Å². The van der Waals surface area contributed by atoms with E-state index in [9.17, 15) is 12.8 Å². The second-order valence-electron chi connectivity index (χ2n) is 5.41. The SMILES string of the molecule is CCNCc1ccc(F)cc1S(=O)(=O)NC(CC)C(C)C. The van der Waals surface area contributed by atoms with Gasteiger partial charge in [0.1, 0.15) is 5.82 Å². The quantitative estimate of drug-likeness (QED) is 0.775. The van der Waals surface area contributed by atoms with E-state index < -0.39 is 15.8 Å². The predicted molar refractivity (Wildman–Crippen MR) is 83.0 cm³/mol. The van der Waals surface area contributed by atoms with Crippen molar-refractivity contribution in [1.29, 1.82) is 0 Å². The van der Waals surface area contributed by atoms with Gasteiger partial charge in [-0.1, -0.05) is 33.8 Å². The Bertz CT molecular complexity index is 559. The van der Waals surface area contributed by atoms with E-state index in [2.05, 4.69) is 10.0 Å². The molecule has 21 heavy (non-hydrogen) atoms. The van der Waals surface area contributed by atoms with Crippen LogP contribution in [0.5, 0.6) is 0 Å². The van der Waals surface area contributed by atoms with Gasteiger partial charge in [-0.15, -0.1) is 0 Å². The van der Waals surface area contributed by atoms with Crippen LogP contribution in [0.3, 0.4) is 0 Å². The van der Waals surface area contributed by atoms with Crippen LogP contribution >= 0.6 is 0 Å². The lowest BCUT2D eigenvalue weighted by Gasteiger charge is -2.21. The van der Waals surface area contributed by atoms with Crippen LogP contribution in [0.1, 0.15) is 39.7 Å². The van der Waals surface area contributed by atoms with Crippen LogP contribution in [0.4, 0.5) is 4.39 Å². The molecule has 0 spiro atoms. The van der Waals surface area contributed by atoms with Gasteiger partial charge in [-0.3, -0.25) is 0 Å². The molecule has 0 fully saturated rings. The molecule has 1 atom stereocenters. The monoisotopic (exact) mass is 316 g/mol. The number of sulfonamides is 1. The molecule has 1 rings (SSSR count). The number of halogens is 1. The highest BCUT2D eigenvalue weighted by Crippen LogP contribution is 2.19. The number of nitrogens with one attached hydrogen (secondary N) is 2. The van der Waals surface area contributed by atoms with Crippen LogP contribution in [0.15, 0.2) is 23.1 Å². The lowest BCUT2D eigenvalue weighted by atomic mass is 10.0. The van der Waals surface area contributed by atoms with E-state index in [-0.39, 0.29) is 16.9 Å². The molecule has 0 saturated carbocycles. The Hall–Kier alpha value is -0.980.